The topological polar surface area (TPSA) is 49.4 Å². The first kappa shape index (κ1) is 15.8. The lowest BCUT2D eigenvalue weighted by Gasteiger charge is -2.39. The van der Waals surface area contributed by atoms with E-state index in [0.717, 1.165) is 16.8 Å². The van der Waals surface area contributed by atoms with E-state index >= 15 is 0 Å². The molecule has 0 unspecified atom stereocenters. The van der Waals surface area contributed by atoms with Gasteiger partial charge in [0.15, 0.2) is 0 Å². The molecule has 2 heterocycles. The Morgan fingerprint density at radius 2 is 1.33 bits per heavy atom. The second kappa shape index (κ2) is 6.09. The molecule has 1 N–H and O–H groups in total. The minimum Gasteiger partial charge on any atom is -0.376 e. The molecule has 0 radical (unpaired) electrons. The van der Waals surface area contributed by atoms with Crippen molar-refractivity contribution in [3.05, 3.63) is 101 Å². The van der Waals surface area contributed by atoms with Crippen molar-refractivity contribution in [2.24, 2.45) is 0 Å². The van der Waals surface area contributed by atoms with Crippen LogP contribution in [0.3, 0.4) is 0 Å². The predicted molar refractivity (Wildman–Crippen MR) is 104 cm³/mol. The molecule has 2 atom stereocenters. The molecule has 2 aliphatic rings. The van der Waals surface area contributed by atoms with Crippen LogP contribution in [0.1, 0.15) is 37.9 Å². The van der Waals surface area contributed by atoms with Crippen LogP contribution in [0.2, 0.25) is 0 Å². The number of hydrogen-bond acceptors (Lipinski definition) is 3. The van der Waals surface area contributed by atoms with Crippen LogP contribution < -0.4 is 5.32 Å². The van der Waals surface area contributed by atoms with E-state index in [9.17, 15) is 9.59 Å². The summed E-state index contributed by atoms with van der Waals surface area (Å²) < 4.78 is 0. The molecule has 4 nitrogen and oxygen atoms in total. The Kier molecular flexibility index (Phi) is 3.57. The van der Waals surface area contributed by atoms with Crippen molar-refractivity contribution in [2.75, 3.05) is 5.32 Å². The lowest BCUT2D eigenvalue weighted by Crippen LogP contribution is -2.48. The van der Waals surface area contributed by atoms with E-state index in [0.29, 0.717) is 17.5 Å². The lowest BCUT2D eigenvalue weighted by atomic mass is 9.88. The first-order valence-corrected chi connectivity index (χ1v) is 9.10. The van der Waals surface area contributed by atoms with Crippen LogP contribution >= 0.6 is 0 Å². The Morgan fingerprint density at radius 1 is 0.741 bits per heavy atom. The number of nitrogens with zero attached hydrogens (tertiary/aromatic N) is 1. The van der Waals surface area contributed by atoms with Gasteiger partial charge in [0, 0.05) is 5.69 Å². The largest absolute Gasteiger partial charge is 0.376 e. The highest BCUT2D eigenvalue weighted by molar-refractivity contribution is 6.21. The molecule has 0 bridgehead atoms. The van der Waals surface area contributed by atoms with Crippen LogP contribution in [0.4, 0.5) is 5.69 Å². The van der Waals surface area contributed by atoms with Gasteiger partial charge in [-0.1, -0.05) is 60.7 Å². The lowest BCUT2D eigenvalue weighted by molar-refractivity contribution is 0.0562. The maximum absolute atomic E-state index is 13.1. The van der Waals surface area contributed by atoms with Gasteiger partial charge in [0.2, 0.25) is 0 Å². The van der Waals surface area contributed by atoms with Crippen LogP contribution in [0, 0.1) is 0 Å². The molecule has 3 aromatic rings. The van der Waals surface area contributed by atoms with Crippen LogP contribution in [0.15, 0.2) is 78.9 Å². The molecular weight excluding hydrogens is 336 g/mol. The van der Waals surface area contributed by atoms with Gasteiger partial charge in [-0.25, -0.2) is 0 Å². The second-order valence-corrected chi connectivity index (χ2v) is 6.99. The number of fused-ring (bicyclic) bond motifs is 2. The van der Waals surface area contributed by atoms with Crippen molar-refractivity contribution in [3.8, 4) is 0 Å². The van der Waals surface area contributed by atoms with Gasteiger partial charge < -0.3 is 5.32 Å². The molecule has 0 fully saturated rings. The summed E-state index contributed by atoms with van der Waals surface area (Å²) in [6, 6.07) is 24.7. The standard InChI is InChI=1S/C23H18N2O2/c26-22-17-11-5-6-12-18(17)23(27)25(22)20-14-16-10-4-7-13-19(16)24-21(20)15-8-2-1-3-9-15/h1-13,20-21,24H,14H2/t20-,21-/m1/s1. The van der Waals surface area contributed by atoms with Gasteiger partial charge in [0.05, 0.1) is 23.2 Å². The number of carbonyl (C=O) groups excluding carboxylic acids is 2. The summed E-state index contributed by atoms with van der Waals surface area (Å²) in [6.07, 6.45) is 0.633. The molecular formula is C23H18N2O2. The Balaban J connectivity index is 1.61. The normalized spacial score (nSPS) is 20.8. The predicted octanol–water partition coefficient (Wildman–Crippen LogP) is 4.06. The summed E-state index contributed by atoms with van der Waals surface area (Å²) >= 11 is 0. The number of amides is 2. The van der Waals surface area contributed by atoms with E-state index in [1.54, 1.807) is 24.3 Å². The molecule has 3 aromatic carbocycles. The third-order valence-corrected chi connectivity index (χ3v) is 5.46. The number of carbonyl (C=O) groups is 2. The molecule has 0 spiro atoms. The number of rotatable bonds is 2. The molecule has 0 aromatic heterocycles. The minimum absolute atomic E-state index is 0.150. The Hall–Kier alpha value is -3.40. The molecule has 27 heavy (non-hydrogen) atoms. The van der Waals surface area contributed by atoms with E-state index < -0.39 is 0 Å². The van der Waals surface area contributed by atoms with E-state index in [-0.39, 0.29) is 23.9 Å². The second-order valence-electron chi connectivity index (χ2n) is 6.99. The van der Waals surface area contributed by atoms with Crippen LogP contribution in [-0.2, 0) is 6.42 Å². The van der Waals surface area contributed by atoms with Gasteiger partial charge in [-0.3, -0.25) is 14.5 Å². The van der Waals surface area contributed by atoms with Gasteiger partial charge in [-0.05, 0) is 35.7 Å². The highest BCUT2D eigenvalue weighted by atomic mass is 16.2. The smallest absolute Gasteiger partial charge is 0.261 e. The summed E-state index contributed by atoms with van der Waals surface area (Å²) in [5.74, 6) is -0.412. The van der Waals surface area contributed by atoms with Gasteiger partial charge >= 0.3 is 0 Å². The zero-order valence-corrected chi connectivity index (χ0v) is 14.6. The SMILES string of the molecule is O=C1c2ccccc2C(=O)N1[C@@H]1Cc2ccccc2N[C@@H]1c1ccccc1. The maximum atomic E-state index is 13.1. The Labute approximate surface area is 157 Å². The Bertz CT molecular complexity index is 1010. The molecule has 2 amide bonds. The number of hydrogen-bond donors (Lipinski definition) is 1. The van der Waals surface area contributed by atoms with E-state index in [2.05, 4.69) is 11.4 Å². The Morgan fingerprint density at radius 3 is 2.04 bits per heavy atom. The number of para-hydroxylation sites is 1. The fourth-order valence-electron chi connectivity index (χ4n) is 4.16. The fourth-order valence-corrected chi connectivity index (χ4v) is 4.16. The molecule has 2 aliphatic heterocycles. The third-order valence-electron chi connectivity index (χ3n) is 5.46. The number of imide groups is 1. The highest BCUT2D eigenvalue weighted by Gasteiger charge is 2.44. The van der Waals surface area contributed by atoms with Gasteiger partial charge in [0.1, 0.15) is 0 Å². The number of anilines is 1. The number of nitrogens with one attached hydrogen (secondary N) is 1. The average molecular weight is 354 g/mol. The van der Waals surface area contributed by atoms with Gasteiger partial charge in [-0.2, -0.15) is 0 Å². The number of benzene rings is 3. The van der Waals surface area contributed by atoms with Crippen molar-refractivity contribution in [1.29, 1.82) is 0 Å². The van der Waals surface area contributed by atoms with Gasteiger partial charge in [-0.15, -0.1) is 0 Å². The van der Waals surface area contributed by atoms with Crippen molar-refractivity contribution in [3.63, 3.8) is 0 Å². The van der Waals surface area contributed by atoms with E-state index in [1.165, 1.54) is 4.90 Å². The first-order chi connectivity index (χ1) is 13.2. The minimum atomic E-state index is -0.283. The maximum Gasteiger partial charge on any atom is 0.261 e. The molecule has 4 heteroatoms. The average Bonchev–Trinajstić information content (AvgIpc) is 2.98. The van der Waals surface area contributed by atoms with Crippen LogP contribution in [0.5, 0.6) is 0 Å². The molecule has 132 valence electrons. The summed E-state index contributed by atoms with van der Waals surface area (Å²) in [4.78, 5) is 27.6. The van der Waals surface area contributed by atoms with Crippen LogP contribution in [-0.4, -0.2) is 22.8 Å². The van der Waals surface area contributed by atoms with E-state index in [4.69, 9.17) is 0 Å². The highest BCUT2D eigenvalue weighted by Crippen LogP contribution is 2.38. The third kappa shape index (κ3) is 2.45. The zero-order valence-electron chi connectivity index (χ0n) is 14.6. The van der Waals surface area contributed by atoms with Gasteiger partial charge in [0.25, 0.3) is 11.8 Å². The molecule has 0 saturated carbocycles. The van der Waals surface area contributed by atoms with E-state index in [1.807, 2.05) is 48.5 Å². The first-order valence-electron chi connectivity index (χ1n) is 9.10. The van der Waals surface area contributed by atoms with Crippen molar-refractivity contribution >= 4 is 17.5 Å². The summed E-state index contributed by atoms with van der Waals surface area (Å²) in [6.45, 7) is 0. The van der Waals surface area contributed by atoms with Crippen molar-refractivity contribution in [2.45, 2.75) is 18.5 Å². The van der Waals surface area contributed by atoms with Crippen LogP contribution in [0.25, 0.3) is 0 Å². The summed E-state index contributed by atoms with van der Waals surface area (Å²) in [5, 5.41) is 3.56. The molecule has 5 rings (SSSR count). The quantitative estimate of drug-likeness (QED) is 0.706. The molecule has 0 aliphatic carbocycles. The monoisotopic (exact) mass is 354 g/mol. The summed E-state index contributed by atoms with van der Waals surface area (Å²) in [5.41, 5.74) is 4.22. The zero-order chi connectivity index (χ0) is 18.4. The molecule has 0 saturated heterocycles. The fraction of sp³-hybridized carbons (Fsp3) is 0.130. The van der Waals surface area contributed by atoms with Crippen molar-refractivity contribution in [1.82, 2.24) is 4.90 Å². The summed E-state index contributed by atoms with van der Waals surface area (Å²) in [7, 11) is 0. The van der Waals surface area contributed by atoms with Crippen molar-refractivity contribution < 1.29 is 9.59 Å².